The molecule has 23 heavy (non-hydrogen) atoms. The Morgan fingerprint density at radius 3 is 2.65 bits per heavy atom. The highest BCUT2D eigenvalue weighted by molar-refractivity contribution is 5.86. The Kier molecular flexibility index (Phi) is 5.15. The van der Waals surface area contributed by atoms with E-state index in [1.807, 2.05) is 25.5 Å². The quantitative estimate of drug-likeness (QED) is 0.802. The van der Waals surface area contributed by atoms with E-state index in [0.717, 1.165) is 17.8 Å². The fourth-order valence-electron chi connectivity index (χ4n) is 2.41. The van der Waals surface area contributed by atoms with Gasteiger partial charge in [0, 0.05) is 37.0 Å². The molecule has 0 saturated carbocycles. The average Bonchev–Trinajstić information content (AvgIpc) is 3.11. The number of hydrogen-bond donors (Lipinski definition) is 2. The molecule has 0 spiro atoms. The number of rotatable bonds is 7. The van der Waals surface area contributed by atoms with Crippen molar-refractivity contribution in [1.29, 1.82) is 0 Å². The number of amides is 1. The van der Waals surface area contributed by atoms with Crippen LogP contribution in [0.5, 0.6) is 0 Å². The lowest BCUT2D eigenvalue weighted by molar-refractivity contribution is -0.122. The molecule has 124 valence electrons. The molecule has 2 aromatic rings. The van der Waals surface area contributed by atoms with Crippen molar-refractivity contribution in [2.24, 2.45) is 0 Å². The lowest BCUT2D eigenvalue weighted by Gasteiger charge is -2.14. The molecule has 2 aromatic heterocycles. The van der Waals surface area contributed by atoms with Crippen LogP contribution in [0.1, 0.15) is 47.9 Å². The van der Waals surface area contributed by atoms with Gasteiger partial charge in [-0.25, -0.2) is 4.79 Å². The Bertz CT molecular complexity index is 704. The number of aryl methyl sites for hydroxylation is 2. The van der Waals surface area contributed by atoms with Gasteiger partial charge in [0.05, 0.1) is 24.0 Å². The molecule has 0 aliphatic rings. The summed E-state index contributed by atoms with van der Waals surface area (Å²) in [4.78, 5) is 22.8. The molecule has 1 atom stereocenters. The van der Waals surface area contributed by atoms with Gasteiger partial charge in [0.1, 0.15) is 0 Å². The van der Waals surface area contributed by atoms with Gasteiger partial charge < -0.3 is 10.4 Å². The summed E-state index contributed by atoms with van der Waals surface area (Å²) in [7, 11) is 0. The van der Waals surface area contributed by atoms with Crippen molar-refractivity contribution < 1.29 is 14.7 Å². The highest BCUT2D eigenvalue weighted by Gasteiger charge is 2.15. The van der Waals surface area contributed by atoms with Crippen LogP contribution in [0.2, 0.25) is 0 Å². The molecule has 0 aromatic carbocycles. The normalized spacial score (nSPS) is 12.1. The second kappa shape index (κ2) is 7.08. The number of carbonyl (C=O) groups excluding carboxylic acids is 1. The van der Waals surface area contributed by atoms with Crippen LogP contribution in [-0.2, 0) is 17.9 Å². The topological polar surface area (TPSA) is 102 Å². The highest BCUT2D eigenvalue weighted by Crippen LogP contribution is 2.16. The zero-order valence-electron chi connectivity index (χ0n) is 13.5. The maximum Gasteiger partial charge on any atom is 0.338 e. The van der Waals surface area contributed by atoms with E-state index in [-0.39, 0.29) is 23.9 Å². The van der Waals surface area contributed by atoms with E-state index in [2.05, 4.69) is 15.5 Å². The Labute approximate surface area is 134 Å². The SMILES string of the molecule is CCn1ncc(C(C)NC(=O)CCn2cc(C(=O)O)cn2)c1C. The van der Waals surface area contributed by atoms with Crippen molar-refractivity contribution >= 4 is 11.9 Å². The van der Waals surface area contributed by atoms with E-state index in [4.69, 9.17) is 5.11 Å². The van der Waals surface area contributed by atoms with Gasteiger partial charge in [0.15, 0.2) is 0 Å². The zero-order chi connectivity index (χ0) is 17.0. The van der Waals surface area contributed by atoms with E-state index < -0.39 is 5.97 Å². The molecule has 0 fully saturated rings. The summed E-state index contributed by atoms with van der Waals surface area (Å²) in [5, 5.41) is 19.9. The monoisotopic (exact) mass is 319 g/mol. The highest BCUT2D eigenvalue weighted by atomic mass is 16.4. The van der Waals surface area contributed by atoms with Crippen molar-refractivity contribution in [3.63, 3.8) is 0 Å². The molecule has 2 N–H and O–H groups in total. The molecule has 8 nitrogen and oxygen atoms in total. The van der Waals surface area contributed by atoms with Crippen LogP contribution in [0.4, 0.5) is 0 Å². The summed E-state index contributed by atoms with van der Waals surface area (Å²) in [5.41, 5.74) is 2.15. The molecule has 0 saturated heterocycles. The summed E-state index contributed by atoms with van der Waals surface area (Å²) < 4.78 is 3.34. The molecule has 1 amide bonds. The number of carbonyl (C=O) groups is 2. The molecular formula is C15H21N5O3. The van der Waals surface area contributed by atoms with E-state index in [1.165, 1.54) is 17.1 Å². The standard InChI is InChI=1S/C15H21N5O3/c1-4-20-11(3)13(8-17-20)10(2)18-14(21)5-6-19-9-12(7-16-19)15(22)23/h7-10H,4-6H2,1-3H3,(H,18,21)(H,22,23). The smallest absolute Gasteiger partial charge is 0.338 e. The first-order valence-electron chi connectivity index (χ1n) is 7.49. The van der Waals surface area contributed by atoms with Crippen LogP contribution in [0.15, 0.2) is 18.6 Å². The second-order valence-corrected chi connectivity index (χ2v) is 5.34. The van der Waals surface area contributed by atoms with Crippen molar-refractivity contribution in [2.45, 2.75) is 46.3 Å². The molecular weight excluding hydrogens is 298 g/mol. The van der Waals surface area contributed by atoms with Crippen LogP contribution in [0.25, 0.3) is 0 Å². The van der Waals surface area contributed by atoms with E-state index in [1.54, 1.807) is 6.20 Å². The van der Waals surface area contributed by atoms with Gasteiger partial charge in [0.2, 0.25) is 5.91 Å². The van der Waals surface area contributed by atoms with Crippen LogP contribution in [-0.4, -0.2) is 36.5 Å². The summed E-state index contributed by atoms with van der Waals surface area (Å²) >= 11 is 0. The Morgan fingerprint density at radius 1 is 1.35 bits per heavy atom. The number of nitrogens with one attached hydrogen (secondary N) is 1. The van der Waals surface area contributed by atoms with Crippen LogP contribution < -0.4 is 5.32 Å². The summed E-state index contributed by atoms with van der Waals surface area (Å²) in [6.45, 7) is 7.03. The number of nitrogens with zero attached hydrogens (tertiary/aromatic N) is 4. The first-order valence-corrected chi connectivity index (χ1v) is 7.49. The minimum absolute atomic E-state index is 0.112. The van der Waals surface area contributed by atoms with E-state index in [0.29, 0.717) is 6.54 Å². The van der Waals surface area contributed by atoms with Crippen molar-refractivity contribution in [3.8, 4) is 0 Å². The van der Waals surface area contributed by atoms with Gasteiger partial charge >= 0.3 is 5.97 Å². The molecule has 2 heterocycles. The predicted octanol–water partition coefficient (Wildman–Crippen LogP) is 1.37. The zero-order valence-corrected chi connectivity index (χ0v) is 13.5. The molecule has 1 unspecified atom stereocenters. The third kappa shape index (κ3) is 3.97. The molecule has 0 aliphatic carbocycles. The lowest BCUT2D eigenvalue weighted by Crippen LogP contribution is -2.27. The van der Waals surface area contributed by atoms with Gasteiger partial charge in [-0.3, -0.25) is 14.2 Å². The third-order valence-electron chi connectivity index (χ3n) is 3.73. The molecule has 0 radical (unpaired) electrons. The Hall–Kier alpha value is -2.64. The number of hydrogen-bond acceptors (Lipinski definition) is 4. The maximum atomic E-state index is 12.0. The number of carboxylic acid groups (broad SMARTS) is 1. The van der Waals surface area contributed by atoms with Crippen LogP contribution in [0.3, 0.4) is 0 Å². The third-order valence-corrected chi connectivity index (χ3v) is 3.73. The molecule has 8 heteroatoms. The molecule has 0 aliphatic heterocycles. The first-order chi connectivity index (χ1) is 10.9. The fraction of sp³-hybridized carbons (Fsp3) is 0.467. The Balaban J connectivity index is 1.88. The Morgan fingerprint density at radius 2 is 2.09 bits per heavy atom. The number of carboxylic acids is 1. The van der Waals surface area contributed by atoms with Crippen molar-refractivity contribution in [3.05, 3.63) is 35.4 Å². The summed E-state index contributed by atoms with van der Waals surface area (Å²) in [5.74, 6) is -1.15. The minimum Gasteiger partial charge on any atom is -0.478 e. The van der Waals surface area contributed by atoms with Crippen LogP contribution in [0, 0.1) is 6.92 Å². The van der Waals surface area contributed by atoms with Gasteiger partial charge in [-0.15, -0.1) is 0 Å². The summed E-state index contributed by atoms with van der Waals surface area (Å²) in [6, 6.07) is -0.130. The first kappa shape index (κ1) is 16.7. The summed E-state index contributed by atoms with van der Waals surface area (Å²) in [6.07, 6.45) is 4.68. The second-order valence-electron chi connectivity index (χ2n) is 5.34. The predicted molar refractivity (Wildman–Crippen MR) is 83.0 cm³/mol. The average molecular weight is 319 g/mol. The van der Waals surface area contributed by atoms with Gasteiger partial charge in [-0.05, 0) is 20.8 Å². The van der Waals surface area contributed by atoms with Crippen LogP contribution >= 0.6 is 0 Å². The fourth-order valence-corrected chi connectivity index (χ4v) is 2.41. The number of aromatic carboxylic acids is 1. The van der Waals surface area contributed by atoms with Crippen molar-refractivity contribution in [2.75, 3.05) is 0 Å². The van der Waals surface area contributed by atoms with Gasteiger partial charge in [0.25, 0.3) is 0 Å². The van der Waals surface area contributed by atoms with E-state index in [9.17, 15) is 9.59 Å². The molecule has 2 rings (SSSR count). The van der Waals surface area contributed by atoms with Crippen molar-refractivity contribution in [1.82, 2.24) is 24.9 Å². The minimum atomic E-state index is -1.03. The maximum absolute atomic E-state index is 12.0. The lowest BCUT2D eigenvalue weighted by atomic mass is 10.1. The number of aromatic nitrogens is 4. The largest absolute Gasteiger partial charge is 0.478 e. The van der Waals surface area contributed by atoms with Gasteiger partial charge in [-0.1, -0.05) is 0 Å². The molecule has 0 bridgehead atoms. The van der Waals surface area contributed by atoms with Gasteiger partial charge in [-0.2, -0.15) is 10.2 Å². The van der Waals surface area contributed by atoms with E-state index >= 15 is 0 Å².